The van der Waals surface area contributed by atoms with E-state index in [1.165, 1.54) is 6.33 Å². The maximum atomic E-state index is 11.5. The molecule has 0 amide bonds. The lowest BCUT2D eigenvalue weighted by molar-refractivity contribution is 1.12. The van der Waals surface area contributed by atoms with E-state index in [-0.39, 0.29) is 5.56 Å². The molecule has 13 heavy (non-hydrogen) atoms. The minimum absolute atomic E-state index is 0.0533. The van der Waals surface area contributed by atoms with Crippen LogP contribution < -0.4 is 5.56 Å². The monoisotopic (exact) mass is 174 g/mol. The molecule has 2 rings (SSSR count). The van der Waals surface area contributed by atoms with Gasteiger partial charge >= 0.3 is 0 Å². The number of fused-ring (bicyclic) bond motifs is 1. The molecule has 66 valence electrons. The highest BCUT2D eigenvalue weighted by Gasteiger charge is 2.02. The summed E-state index contributed by atoms with van der Waals surface area (Å²) in [7, 11) is 0. The fraction of sp³-hybridized carbons (Fsp3) is 0.200. The van der Waals surface area contributed by atoms with Crippen molar-refractivity contribution in [3.63, 3.8) is 0 Å². The molecule has 0 bridgehead atoms. The molecule has 1 N–H and O–H groups in total. The van der Waals surface area contributed by atoms with Crippen molar-refractivity contribution < 1.29 is 0 Å². The number of aromatic nitrogens is 2. The van der Waals surface area contributed by atoms with Crippen molar-refractivity contribution in [1.29, 1.82) is 0 Å². The van der Waals surface area contributed by atoms with Crippen LogP contribution in [0, 0.1) is 0 Å². The number of hydrogen-bond donors (Lipinski definition) is 1. The van der Waals surface area contributed by atoms with Crippen LogP contribution >= 0.6 is 0 Å². The highest BCUT2D eigenvalue weighted by Crippen LogP contribution is 2.11. The molecule has 0 atom stereocenters. The van der Waals surface area contributed by atoms with Gasteiger partial charge in [0.15, 0.2) is 0 Å². The van der Waals surface area contributed by atoms with Crippen molar-refractivity contribution in [2.45, 2.75) is 13.3 Å². The third-order valence-corrected chi connectivity index (χ3v) is 2.14. The molecule has 0 aliphatic carbocycles. The topological polar surface area (TPSA) is 45.8 Å². The summed E-state index contributed by atoms with van der Waals surface area (Å²) in [5, 5.41) is 0.715. The van der Waals surface area contributed by atoms with Crippen LogP contribution in [-0.2, 0) is 6.42 Å². The Morgan fingerprint density at radius 3 is 3.08 bits per heavy atom. The van der Waals surface area contributed by atoms with Gasteiger partial charge in [0, 0.05) is 0 Å². The van der Waals surface area contributed by atoms with Crippen molar-refractivity contribution in [2.75, 3.05) is 0 Å². The minimum Gasteiger partial charge on any atom is -0.313 e. The Bertz CT molecular complexity index is 482. The molecule has 1 heterocycles. The summed E-state index contributed by atoms with van der Waals surface area (Å²) in [5.41, 5.74) is 1.76. The maximum Gasteiger partial charge on any atom is 0.258 e. The van der Waals surface area contributed by atoms with Crippen LogP contribution in [0.3, 0.4) is 0 Å². The summed E-state index contributed by atoms with van der Waals surface area (Å²) in [6.07, 6.45) is 2.29. The Morgan fingerprint density at radius 2 is 2.31 bits per heavy atom. The van der Waals surface area contributed by atoms with Crippen LogP contribution in [0.5, 0.6) is 0 Å². The molecular formula is C10H10N2O. The van der Waals surface area contributed by atoms with Crippen LogP contribution in [0.4, 0.5) is 0 Å². The quantitative estimate of drug-likeness (QED) is 0.711. The summed E-state index contributed by atoms with van der Waals surface area (Å²) < 4.78 is 0. The van der Waals surface area contributed by atoms with E-state index in [0.29, 0.717) is 5.39 Å². The number of nitrogens with zero attached hydrogens (tertiary/aromatic N) is 1. The lowest BCUT2D eigenvalue weighted by atomic mass is 10.1. The number of H-pyrrole nitrogens is 1. The molecule has 2 aromatic rings. The van der Waals surface area contributed by atoms with Crippen LogP contribution in [0.2, 0.25) is 0 Å². The summed E-state index contributed by atoms with van der Waals surface area (Å²) in [4.78, 5) is 18.1. The molecule has 0 unspecified atom stereocenters. The third kappa shape index (κ3) is 1.22. The van der Waals surface area contributed by atoms with Crippen LogP contribution in [0.1, 0.15) is 12.5 Å². The smallest absolute Gasteiger partial charge is 0.258 e. The lowest BCUT2D eigenvalue weighted by Crippen LogP contribution is -2.08. The Labute approximate surface area is 75.4 Å². The molecule has 0 aliphatic rings. The van der Waals surface area contributed by atoms with E-state index in [4.69, 9.17) is 0 Å². The van der Waals surface area contributed by atoms with Crippen molar-refractivity contribution in [3.8, 4) is 0 Å². The summed E-state index contributed by atoms with van der Waals surface area (Å²) in [5.74, 6) is 0. The number of rotatable bonds is 1. The molecule has 3 nitrogen and oxygen atoms in total. The van der Waals surface area contributed by atoms with E-state index < -0.39 is 0 Å². The zero-order valence-corrected chi connectivity index (χ0v) is 7.37. The van der Waals surface area contributed by atoms with E-state index in [0.717, 1.165) is 17.5 Å². The fourth-order valence-corrected chi connectivity index (χ4v) is 1.48. The van der Waals surface area contributed by atoms with Crippen molar-refractivity contribution in [1.82, 2.24) is 9.97 Å². The second-order valence-corrected chi connectivity index (χ2v) is 2.90. The highest BCUT2D eigenvalue weighted by molar-refractivity contribution is 5.80. The summed E-state index contributed by atoms with van der Waals surface area (Å²) in [6.45, 7) is 2.03. The van der Waals surface area contributed by atoms with Gasteiger partial charge in [-0.2, -0.15) is 0 Å². The van der Waals surface area contributed by atoms with Gasteiger partial charge in [0.1, 0.15) is 0 Å². The first-order chi connectivity index (χ1) is 6.33. The number of hydrogen-bond acceptors (Lipinski definition) is 2. The molecule has 3 heteroatoms. The van der Waals surface area contributed by atoms with Crippen molar-refractivity contribution in [2.24, 2.45) is 0 Å². The summed E-state index contributed by atoms with van der Waals surface area (Å²) >= 11 is 0. The third-order valence-electron chi connectivity index (χ3n) is 2.14. The van der Waals surface area contributed by atoms with E-state index in [1.807, 2.05) is 25.1 Å². The lowest BCUT2D eigenvalue weighted by Gasteiger charge is -2.00. The highest BCUT2D eigenvalue weighted by atomic mass is 16.1. The van der Waals surface area contributed by atoms with Gasteiger partial charge in [-0.05, 0) is 18.1 Å². The average molecular weight is 174 g/mol. The average Bonchev–Trinajstić information content (AvgIpc) is 2.17. The van der Waals surface area contributed by atoms with Crippen LogP contribution in [0.15, 0.2) is 29.3 Å². The van der Waals surface area contributed by atoms with Crippen molar-refractivity contribution in [3.05, 3.63) is 40.4 Å². The van der Waals surface area contributed by atoms with Gasteiger partial charge in [-0.25, -0.2) is 4.98 Å². The molecule has 1 aromatic carbocycles. The normalized spacial score (nSPS) is 10.5. The van der Waals surface area contributed by atoms with Gasteiger partial charge in [0.05, 0.1) is 17.2 Å². The predicted molar refractivity (Wildman–Crippen MR) is 51.7 cm³/mol. The molecule has 0 spiro atoms. The first kappa shape index (κ1) is 7.98. The number of nitrogens with one attached hydrogen (secondary N) is 1. The van der Waals surface area contributed by atoms with E-state index in [2.05, 4.69) is 9.97 Å². The SMILES string of the molecule is CCc1cccc2nc[nH]c(=O)c12. The van der Waals surface area contributed by atoms with Crippen LogP contribution in [-0.4, -0.2) is 9.97 Å². The predicted octanol–water partition coefficient (Wildman–Crippen LogP) is 1.49. The minimum atomic E-state index is -0.0533. The van der Waals surface area contributed by atoms with E-state index in [9.17, 15) is 4.79 Å². The number of aryl methyl sites for hydroxylation is 1. The maximum absolute atomic E-state index is 11.5. The molecular weight excluding hydrogens is 164 g/mol. The Kier molecular flexibility index (Phi) is 1.85. The van der Waals surface area contributed by atoms with Gasteiger partial charge < -0.3 is 4.98 Å². The Hall–Kier alpha value is -1.64. The first-order valence-electron chi connectivity index (χ1n) is 4.28. The van der Waals surface area contributed by atoms with Gasteiger partial charge in [0.25, 0.3) is 5.56 Å². The molecule has 0 saturated heterocycles. The zero-order valence-electron chi connectivity index (χ0n) is 7.37. The van der Waals surface area contributed by atoms with Crippen molar-refractivity contribution >= 4 is 10.9 Å². The second-order valence-electron chi connectivity index (χ2n) is 2.90. The Balaban J connectivity index is 2.95. The Morgan fingerprint density at radius 1 is 1.46 bits per heavy atom. The van der Waals surface area contributed by atoms with Gasteiger partial charge in [-0.3, -0.25) is 4.79 Å². The molecule has 1 aromatic heterocycles. The standard InChI is InChI=1S/C10H10N2O/c1-2-7-4-3-5-8-9(7)10(13)12-6-11-8/h3-6H,2H2,1H3,(H,11,12,13). The zero-order chi connectivity index (χ0) is 9.26. The fourth-order valence-electron chi connectivity index (χ4n) is 1.48. The van der Waals surface area contributed by atoms with Gasteiger partial charge in [-0.1, -0.05) is 19.1 Å². The molecule has 0 radical (unpaired) electrons. The molecule has 0 aliphatic heterocycles. The number of benzene rings is 1. The van der Waals surface area contributed by atoms with Gasteiger partial charge in [0.2, 0.25) is 0 Å². The molecule has 0 saturated carbocycles. The van der Waals surface area contributed by atoms with Gasteiger partial charge in [-0.15, -0.1) is 0 Å². The van der Waals surface area contributed by atoms with E-state index in [1.54, 1.807) is 0 Å². The van der Waals surface area contributed by atoms with Crippen LogP contribution in [0.25, 0.3) is 10.9 Å². The molecule has 0 fully saturated rings. The number of aromatic amines is 1. The first-order valence-corrected chi connectivity index (χ1v) is 4.28. The summed E-state index contributed by atoms with van der Waals surface area (Å²) in [6, 6.07) is 5.73. The van der Waals surface area contributed by atoms with E-state index >= 15 is 0 Å². The second kappa shape index (κ2) is 3.01. The largest absolute Gasteiger partial charge is 0.313 e.